The van der Waals surface area contributed by atoms with Gasteiger partial charge in [0.25, 0.3) is 5.79 Å². The van der Waals surface area contributed by atoms with Gasteiger partial charge >= 0.3 is 5.97 Å². The second-order valence-corrected chi connectivity index (χ2v) is 2.23. The van der Waals surface area contributed by atoms with Crippen LogP contribution in [0, 0.1) is 0 Å². The smallest absolute Gasteiger partial charge is 0.333 e. The topological polar surface area (TPSA) is 66.8 Å². The van der Waals surface area contributed by atoms with E-state index in [-0.39, 0.29) is 0 Å². The lowest BCUT2D eigenvalue weighted by molar-refractivity contribution is -0.180. The van der Waals surface area contributed by atoms with Crippen LogP contribution in [0.3, 0.4) is 0 Å². The van der Waals surface area contributed by atoms with E-state index in [1.807, 2.05) is 0 Å². The molecule has 0 heterocycles. The van der Waals surface area contributed by atoms with Gasteiger partial charge in [-0.1, -0.05) is 12.7 Å². The minimum atomic E-state index is -2.01. The summed E-state index contributed by atoms with van der Waals surface area (Å²) in [6.07, 6.45) is 4.67. The zero-order chi connectivity index (χ0) is 9.19. The van der Waals surface area contributed by atoms with Crippen LogP contribution in [0.15, 0.2) is 36.6 Å². The Morgan fingerprint density at radius 1 is 1.75 bits per heavy atom. The van der Waals surface area contributed by atoms with Gasteiger partial charge in [-0.3, -0.25) is 0 Å². The number of aliphatic hydroxyl groups is 2. The van der Waals surface area contributed by atoms with Gasteiger partial charge in [-0.05, 0) is 12.2 Å². The number of hydrogen-bond acceptors (Lipinski definition) is 4. The molecular formula is C8H8O4. The van der Waals surface area contributed by atoms with Crippen LogP contribution in [0.2, 0.25) is 0 Å². The van der Waals surface area contributed by atoms with Gasteiger partial charge in [0.15, 0.2) is 5.76 Å². The van der Waals surface area contributed by atoms with E-state index in [2.05, 4.69) is 11.3 Å². The molecule has 0 aromatic heterocycles. The van der Waals surface area contributed by atoms with Gasteiger partial charge in [0.1, 0.15) is 0 Å². The van der Waals surface area contributed by atoms with Gasteiger partial charge in [0.05, 0.1) is 0 Å². The fraction of sp³-hybridized carbons (Fsp3) is 0.125. The molecule has 4 heteroatoms. The van der Waals surface area contributed by atoms with Crippen molar-refractivity contribution < 1.29 is 19.7 Å². The Kier molecular flexibility index (Phi) is 2.01. The zero-order valence-electron chi connectivity index (χ0n) is 6.23. The van der Waals surface area contributed by atoms with Crippen LogP contribution in [0.25, 0.3) is 0 Å². The minimum Gasteiger partial charge on any atom is -0.506 e. The number of hydrogen-bond donors (Lipinski definition) is 2. The molecule has 0 aliphatic heterocycles. The maximum Gasteiger partial charge on any atom is 0.333 e. The predicted molar refractivity (Wildman–Crippen MR) is 41.1 cm³/mol. The molecule has 2 N–H and O–H groups in total. The first-order valence-corrected chi connectivity index (χ1v) is 3.25. The molecule has 1 aliphatic rings. The standard InChI is InChI=1S/C8H8O4/c1-2-7(10)12-8(11)5-3-4-6(8)9/h2-5,9,11H,1H2. The van der Waals surface area contributed by atoms with Crippen molar-refractivity contribution in [1.29, 1.82) is 0 Å². The van der Waals surface area contributed by atoms with Crippen molar-refractivity contribution in [3.63, 3.8) is 0 Å². The molecule has 0 aromatic rings. The summed E-state index contributed by atoms with van der Waals surface area (Å²) in [6, 6.07) is 0. The molecule has 0 aromatic carbocycles. The van der Waals surface area contributed by atoms with E-state index in [1.54, 1.807) is 0 Å². The number of carbonyl (C=O) groups is 1. The number of carbonyl (C=O) groups excluding carboxylic acids is 1. The fourth-order valence-electron chi connectivity index (χ4n) is 0.756. The second kappa shape index (κ2) is 2.83. The average Bonchev–Trinajstić information content (AvgIpc) is 2.32. The molecule has 4 nitrogen and oxygen atoms in total. The molecule has 0 saturated heterocycles. The lowest BCUT2D eigenvalue weighted by Crippen LogP contribution is -2.32. The Bertz CT molecular complexity index is 277. The third-order valence-corrected chi connectivity index (χ3v) is 1.37. The minimum absolute atomic E-state index is 0.419. The van der Waals surface area contributed by atoms with Crippen LogP contribution in [0.5, 0.6) is 0 Å². The second-order valence-electron chi connectivity index (χ2n) is 2.23. The van der Waals surface area contributed by atoms with Gasteiger partial charge in [-0.15, -0.1) is 0 Å². The molecule has 0 radical (unpaired) electrons. The lowest BCUT2D eigenvalue weighted by atomic mass is 10.3. The van der Waals surface area contributed by atoms with Crippen molar-refractivity contribution in [3.8, 4) is 0 Å². The van der Waals surface area contributed by atoms with Crippen LogP contribution in [-0.2, 0) is 9.53 Å². The summed E-state index contributed by atoms with van der Waals surface area (Å²) in [5, 5.41) is 18.4. The number of allylic oxidation sites excluding steroid dienone is 2. The van der Waals surface area contributed by atoms with E-state index < -0.39 is 17.5 Å². The number of esters is 1. The SMILES string of the molecule is C=CC(=O)OC1(O)C=CC=C1O. The normalized spacial score (nSPS) is 26.6. The first-order chi connectivity index (χ1) is 5.58. The summed E-state index contributed by atoms with van der Waals surface area (Å²) in [4.78, 5) is 10.6. The van der Waals surface area contributed by atoms with Crippen molar-refractivity contribution in [2.45, 2.75) is 5.79 Å². The third kappa shape index (κ3) is 1.38. The summed E-state index contributed by atoms with van der Waals surface area (Å²) < 4.78 is 4.45. The van der Waals surface area contributed by atoms with E-state index in [9.17, 15) is 9.90 Å². The van der Waals surface area contributed by atoms with Crippen molar-refractivity contribution in [2.75, 3.05) is 0 Å². The predicted octanol–water partition coefficient (Wildman–Crippen LogP) is 0.416. The van der Waals surface area contributed by atoms with Gasteiger partial charge in [-0.2, -0.15) is 0 Å². The van der Waals surface area contributed by atoms with E-state index in [0.29, 0.717) is 0 Å². The fourth-order valence-corrected chi connectivity index (χ4v) is 0.756. The quantitative estimate of drug-likeness (QED) is 0.356. The molecule has 0 amide bonds. The van der Waals surface area contributed by atoms with Crippen molar-refractivity contribution in [2.24, 2.45) is 0 Å². The molecule has 12 heavy (non-hydrogen) atoms. The van der Waals surface area contributed by atoms with Crippen LogP contribution < -0.4 is 0 Å². The maximum absolute atomic E-state index is 10.6. The Morgan fingerprint density at radius 3 is 2.83 bits per heavy atom. The van der Waals surface area contributed by atoms with Gasteiger partial charge in [0.2, 0.25) is 0 Å². The number of aliphatic hydroxyl groups excluding tert-OH is 1. The summed E-state index contributed by atoms with van der Waals surface area (Å²) in [5.74, 6) is -3.23. The molecule has 0 fully saturated rings. The summed E-state index contributed by atoms with van der Waals surface area (Å²) in [7, 11) is 0. The monoisotopic (exact) mass is 168 g/mol. The highest BCUT2D eigenvalue weighted by Crippen LogP contribution is 2.23. The van der Waals surface area contributed by atoms with Gasteiger partial charge in [0, 0.05) is 6.08 Å². The summed E-state index contributed by atoms with van der Waals surface area (Å²) in [6.45, 7) is 3.15. The zero-order valence-corrected chi connectivity index (χ0v) is 6.23. The number of rotatable bonds is 2. The molecule has 1 aliphatic carbocycles. The van der Waals surface area contributed by atoms with Crippen LogP contribution in [0.1, 0.15) is 0 Å². The molecule has 0 bridgehead atoms. The maximum atomic E-state index is 10.6. The Balaban J connectivity index is 2.74. The molecule has 1 rings (SSSR count). The van der Waals surface area contributed by atoms with E-state index in [0.717, 1.165) is 12.2 Å². The summed E-state index contributed by atoms with van der Waals surface area (Å²) >= 11 is 0. The molecule has 64 valence electrons. The van der Waals surface area contributed by atoms with Gasteiger partial charge < -0.3 is 14.9 Å². The van der Waals surface area contributed by atoms with Crippen LogP contribution in [-0.4, -0.2) is 22.0 Å². The number of ether oxygens (including phenoxy) is 1. The highest BCUT2D eigenvalue weighted by atomic mass is 16.7. The molecule has 1 atom stereocenters. The summed E-state index contributed by atoms with van der Waals surface area (Å²) in [5.41, 5.74) is 0. The van der Waals surface area contributed by atoms with E-state index in [1.165, 1.54) is 12.2 Å². The highest BCUT2D eigenvalue weighted by molar-refractivity contribution is 5.82. The molecule has 0 saturated carbocycles. The molecule has 0 spiro atoms. The van der Waals surface area contributed by atoms with E-state index in [4.69, 9.17) is 5.11 Å². The highest BCUT2D eigenvalue weighted by Gasteiger charge is 2.35. The molecule has 1 unspecified atom stereocenters. The van der Waals surface area contributed by atoms with Crippen molar-refractivity contribution >= 4 is 5.97 Å². The van der Waals surface area contributed by atoms with Gasteiger partial charge in [-0.25, -0.2) is 4.79 Å². The first-order valence-electron chi connectivity index (χ1n) is 3.25. The van der Waals surface area contributed by atoms with Crippen molar-refractivity contribution in [3.05, 3.63) is 36.6 Å². The Labute approximate surface area is 69.1 Å². The largest absolute Gasteiger partial charge is 0.506 e. The lowest BCUT2D eigenvalue weighted by Gasteiger charge is -2.19. The van der Waals surface area contributed by atoms with Crippen molar-refractivity contribution in [1.82, 2.24) is 0 Å². The van der Waals surface area contributed by atoms with Crippen LogP contribution >= 0.6 is 0 Å². The Morgan fingerprint density at radius 2 is 2.42 bits per heavy atom. The van der Waals surface area contributed by atoms with Crippen LogP contribution in [0.4, 0.5) is 0 Å². The third-order valence-electron chi connectivity index (χ3n) is 1.37. The molecular weight excluding hydrogens is 160 g/mol. The van der Waals surface area contributed by atoms with E-state index >= 15 is 0 Å². The average molecular weight is 168 g/mol. The first kappa shape index (κ1) is 8.55. The Hall–Kier alpha value is -1.55.